The summed E-state index contributed by atoms with van der Waals surface area (Å²) in [5, 5.41) is 5.92. The van der Waals surface area contributed by atoms with Crippen LogP contribution in [0.5, 0.6) is 0 Å². The zero-order chi connectivity index (χ0) is 14.4. The molecule has 5 nitrogen and oxygen atoms in total. The Balaban J connectivity index is 0.00000220. The second kappa shape index (κ2) is 9.24. The first-order valence-electron chi connectivity index (χ1n) is 6.75. The first-order valence-corrected chi connectivity index (χ1v) is 7.54. The van der Waals surface area contributed by atoms with E-state index in [1.54, 1.807) is 0 Å². The highest BCUT2D eigenvalue weighted by atomic mass is 127. The van der Waals surface area contributed by atoms with E-state index in [4.69, 9.17) is 5.73 Å². The van der Waals surface area contributed by atoms with E-state index in [-0.39, 0.29) is 36.4 Å². The number of hydrogen-bond acceptors (Lipinski definition) is 2. The van der Waals surface area contributed by atoms with Crippen molar-refractivity contribution in [3.05, 3.63) is 28.7 Å². The van der Waals surface area contributed by atoms with Crippen LogP contribution in [-0.2, 0) is 4.79 Å². The van der Waals surface area contributed by atoms with Crippen LogP contribution >= 0.6 is 39.9 Å². The Kier molecular flexibility index (Phi) is 8.02. The minimum absolute atomic E-state index is 0. The lowest BCUT2D eigenvalue weighted by molar-refractivity contribution is -0.114. The number of benzene rings is 1. The molecule has 0 aromatic heterocycles. The molecule has 0 aliphatic heterocycles. The molecular formula is C14H20BrIN4O. The van der Waals surface area contributed by atoms with Gasteiger partial charge in [0.15, 0.2) is 5.96 Å². The van der Waals surface area contributed by atoms with Gasteiger partial charge in [-0.2, -0.15) is 0 Å². The van der Waals surface area contributed by atoms with Gasteiger partial charge in [-0.1, -0.05) is 34.8 Å². The fourth-order valence-electron chi connectivity index (χ4n) is 2.25. The Morgan fingerprint density at radius 2 is 2.10 bits per heavy atom. The van der Waals surface area contributed by atoms with Crippen LogP contribution in [0.4, 0.5) is 5.69 Å². The summed E-state index contributed by atoms with van der Waals surface area (Å²) in [5.74, 6) is 0.167. The van der Waals surface area contributed by atoms with E-state index in [1.807, 2.05) is 24.3 Å². The number of nitrogens with zero attached hydrogens (tertiary/aromatic N) is 1. The van der Waals surface area contributed by atoms with Crippen molar-refractivity contribution >= 4 is 57.5 Å². The van der Waals surface area contributed by atoms with Crippen LogP contribution in [0.1, 0.15) is 25.7 Å². The predicted molar refractivity (Wildman–Crippen MR) is 100 cm³/mol. The Labute approximate surface area is 150 Å². The smallest absolute Gasteiger partial charge is 0.246 e. The van der Waals surface area contributed by atoms with Gasteiger partial charge in [0.25, 0.3) is 0 Å². The number of carbonyl (C=O) groups is 1. The number of halogens is 2. The highest BCUT2D eigenvalue weighted by Crippen LogP contribution is 2.17. The first kappa shape index (κ1) is 18.2. The van der Waals surface area contributed by atoms with Crippen LogP contribution in [0, 0.1) is 0 Å². The fourth-order valence-corrected chi connectivity index (χ4v) is 2.65. The fraction of sp³-hybridized carbons (Fsp3) is 0.429. The summed E-state index contributed by atoms with van der Waals surface area (Å²) in [5.41, 5.74) is 6.51. The average Bonchev–Trinajstić information content (AvgIpc) is 2.89. The van der Waals surface area contributed by atoms with Gasteiger partial charge >= 0.3 is 0 Å². The molecule has 116 valence electrons. The maximum atomic E-state index is 11.7. The van der Waals surface area contributed by atoms with E-state index in [0.29, 0.717) is 12.0 Å². The molecule has 0 spiro atoms. The average molecular weight is 467 g/mol. The third-order valence-corrected chi connectivity index (χ3v) is 3.70. The van der Waals surface area contributed by atoms with E-state index in [9.17, 15) is 4.79 Å². The monoisotopic (exact) mass is 466 g/mol. The number of anilines is 1. The summed E-state index contributed by atoms with van der Waals surface area (Å²) in [6.45, 7) is 0.0259. The molecule has 0 radical (unpaired) electrons. The molecule has 1 aromatic carbocycles. The molecule has 0 atom stereocenters. The molecular weight excluding hydrogens is 447 g/mol. The van der Waals surface area contributed by atoms with Gasteiger partial charge in [-0.15, -0.1) is 24.0 Å². The molecule has 7 heteroatoms. The van der Waals surface area contributed by atoms with Gasteiger partial charge in [-0.3, -0.25) is 4.79 Å². The summed E-state index contributed by atoms with van der Waals surface area (Å²) >= 11 is 3.35. The maximum Gasteiger partial charge on any atom is 0.246 e. The zero-order valence-corrected chi connectivity index (χ0v) is 15.6. The molecule has 0 saturated heterocycles. The highest BCUT2D eigenvalue weighted by molar-refractivity contribution is 14.0. The van der Waals surface area contributed by atoms with E-state index in [1.165, 1.54) is 12.8 Å². The van der Waals surface area contributed by atoms with Gasteiger partial charge in [-0.25, -0.2) is 4.99 Å². The topological polar surface area (TPSA) is 79.5 Å². The van der Waals surface area contributed by atoms with Crippen LogP contribution in [0.15, 0.2) is 33.7 Å². The minimum atomic E-state index is -0.181. The number of nitrogens with two attached hydrogens (primary N) is 1. The predicted octanol–water partition coefficient (Wildman–Crippen LogP) is 2.85. The van der Waals surface area contributed by atoms with Crippen molar-refractivity contribution in [2.75, 3.05) is 11.9 Å². The first-order chi connectivity index (χ1) is 9.63. The SMILES string of the molecule is I.NC(=NCC(=O)Nc1cccc(Br)c1)NC1CCCC1. The van der Waals surface area contributed by atoms with Gasteiger partial charge < -0.3 is 16.4 Å². The Morgan fingerprint density at radius 1 is 1.38 bits per heavy atom. The molecule has 2 rings (SSSR count). The normalized spacial score (nSPS) is 15.4. The molecule has 1 aliphatic carbocycles. The molecule has 0 unspecified atom stereocenters. The lowest BCUT2D eigenvalue weighted by atomic mass is 10.2. The highest BCUT2D eigenvalue weighted by Gasteiger charge is 2.14. The number of carbonyl (C=O) groups excluding carboxylic acids is 1. The summed E-state index contributed by atoms with van der Waals surface area (Å²) in [6, 6.07) is 7.83. The van der Waals surface area contributed by atoms with Crippen LogP contribution in [0.2, 0.25) is 0 Å². The van der Waals surface area contributed by atoms with E-state index < -0.39 is 0 Å². The summed E-state index contributed by atoms with van der Waals surface area (Å²) < 4.78 is 0.918. The molecule has 21 heavy (non-hydrogen) atoms. The van der Waals surface area contributed by atoms with Crippen molar-refractivity contribution in [2.24, 2.45) is 10.7 Å². The van der Waals surface area contributed by atoms with E-state index >= 15 is 0 Å². The van der Waals surface area contributed by atoms with Crippen molar-refractivity contribution in [3.8, 4) is 0 Å². The Hall–Kier alpha value is -0.830. The summed E-state index contributed by atoms with van der Waals surface area (Å²) in [7, 11) is 0. The molecule has 4 N–H and O–H groups in total. The zero-order valence-electron chi connectivity index (χ0n) is 11.6. The molecule has 1 fully saturated rings. The van der Waals surface area contributed by atoms with Gasteiger partial charge in [0.2, 0.25) is 5.91 Å². The van der Waals surface area contributed by atoms with Crippen LogP contribution < -0.4 is 16.4 Å². The second-order valence-corrected chi connectivity index (χ2v) is 5.80. The second-order valence-electron chi connectivity index (χ2n) is 4.89. The summed E-state index contributed by atoms with van der Waals surface area (Å²) in [6.07, 6.45) is 4.71. The number of guanidine groups is 1. The van der Waals surface area contributed by atoms with Crippen molar-refractivity contribution in [2.45, 2.75) is 31.7 Å². The van der Waals surface area contributed by atoms with Crippen LogP contribution in [0.25, 0.3) is 0 Å². The quantitative estimate of drug-likeness (QED) is 0.362. The van der Waals surface area contributed by atoms with E-state index in [2.05, 4.69) is 31.6 Å². The maximum absolute atomic E-state index is 11.7. The van der Waals surface area contributed by atoms with Crippen LogP contribution in [-0.4, -0.2) is 24.5 Å². The Bertz CT molecular complexity index is 504. The van der Waals surface area contributed by atoms with Gasteiger partial charge in [0, 0.05) is 16.2 Å². The number of nitrogens with one attached hydrogen (secondary N) is 2. The lowest BCUT2D eigenvalue weighted by Crippen LogP contribution is -2.39. The summed E-state index contributed by atoms with van der Waals surface area (Å²) in [4.78, 5) is 15.8. The standard InChI is InChI=1S/C14H19BrN4O.HI/c15-10-4-3-7-12(8-10)18-13(20)9-17-14(16)19-11-5-1-2-6-11;/h3-4,7-8,11H,1-2,5-6,9H2,(H,18,20)(H3,16,17,19);1H. The third-order valence-electron chi connectivity index (χ3n) is 3.21. The van der Waals surface area contributed by atoms with Crippen LogP contribution in [0.3, 0.4) is 0 Å². The molecule has 0 bridgehead atoms. The molecule has 1 aromatic rings. The molecule has 0 heterocycles. The van der Waals surface area contributed by atoms with Crippen molar-refractivity contribution in [3.63, 3.8) is 0 Å². The van der Waals surface area contributed by atoms with E-state index in [0.717, 1.165) is 23.0 Å². The number of rotatable bonds is 4. The number of aliphatic imine (C=N–C) groups is 1. The van der Waals surface area contributed by atoms with Gasteiger partial charge in [0.05, 0.1) is 0 Å². The van der Waals surface area contributed by atoms with Gasteiger partial charge in [0.1, 0.15) is 6.54 Å². The number of hydrogen-bond donors (Lipinski definition) is 3. The van der Waals surface area contributed by atoms with Crippen molar-refractivity contribution < 1.29 is 4.79 Å². The van der Waals surface area contributed by atoms with Gasteiger partial charge in [-0.05, 0) is 31.0 Å². The van der Waals surface area contributed by atoms with Crippen molar-refractivity contribution in [1.82, 2.24) is 5.32 Å². The third kappa shape index (κ3) is 6.64. The number of amides is 1. The van der Waals surface area contributed by atoms with Crippen molar-refractivity contribution in [1.29, 1.82) is 0 Å². The Morgan fingerprint density at radius 3 is 2.76 bits per heavy atom. The minimum Gasteiger partial charge on any atom is -0.370 e. The molecule has 1 amide bonds. The molecule has 1 saturated carbocycles. The lowest BCUT2D eigenvalue weighted by Gasteiger charge is -2.12. The molecule has 1 aliphatic rings. The largest absolute Gasteiger partial charge is 0.370 e.